The van der Waals surface area contributed by atoms with Crippen LogP contribution in [0.5, 0.6) is 0 Å². The van der Waals surface area contributed by atoms with Gasteiger partial charge in [-0.2, -0.15) is 19.6 Å². The van der Waals surface area contributed by atoms with Crippen molar-refractivity contribution < 1.29 is 23.8 Å². The number of phosphoric acid groups is 1. The third-order valence-corrected chi connectivity index (χ3v) is 4.87. The van der Waals surface area contributed by atoms with Gasteiger partial charge in [0.2, 0.25) is 5.91 Å². The van der Waals surface area contributed by atoms with Gasteiger partial charge in [0.05, 0.1) is 30.1 Å². The molecule has 0 saturated heterocycles. The molecule has 0 aliphatic carbocycles. The monoisotopic (exact) mass is 448 g/mol. The fourth-order valence-corrected chi connectivity index (χ4v) is 2.82. The lowest BCUT2D eigenvalue weighted by Gasteiger charge is -2.23. The van der Waals surface area contributed by atoms with E-state index in [4.69, 9.17) is 9.79 Å². The zero-order valence-corrected chi connectivity index (χ0v) is 17.6. The number of aromatic nitrogens is 5. The maximum Gasteiger partial charge on any atom is 0.491 e. The van der Waals surface area contributed by atoms with E-state index in [1.165, 1.54) is 21.8 Å². The largest absolute Gasteiger partial charge is 0.491 e. The fourth-order valence-electron chi connectivity index (χ4n) is 2.62. The zero-order valence-electron chi connectivity index (χ0n) is 16.7. The Morgan fingerprint density at radius 2 is 1.84 bits per heavy atom. The third-order valence-electron chi connectivity index (χ3n) is 4.54. The molecule has 0 saturated carbocycles. The maximum atomic E-state index is 12.5. The van der Waals surface area contributed by atoms with Crippen molar-refractivity contribution in [2.75, 3.05) is 0 Å². The molecule has 0 radical (unpaired) electrons. The molecule has 3 N–H and O–H groups in total. The van der Waals surface area contributed by atoms with E-state index in [0.717, 1.165) is 11.3 Å². The number of hydrogen-bond acceptors (Lipinski definition) is 7. The molecule has 13 heteroatoms. The minimum atomic E-state index is -4.83. The molecule has 0 spiro atoms. The van der Waals surface area contributed by atoms with Crippen LogP contribution in [-0.4, -0.2) is 40.2 Å². The second-order valence-electron chi connectivity index (χ2n) is 7.32. The molecule has 0 fully saturated rings. The lowest BCUT2D eigenvalue weighted by atomic mass is 9.88. The standard InChI is InChI=1S/C18H21N6O6P/c1-18(2,17(26)22-30-31(27,28)29)7-10-23-12-19-15(11-16(23)25)13-3-5-14(6-4-13)24-20-8-9-21-24/h3-6,8-9,11-12H,7,10H2,1-2H3,(H,22,26)(H2,27,28,29). The second-order valence-corrected chi connectivity index (χ2v) is 8.48. The molecule has 0 atom stereocenters. The molecular weight excluding hydrogens is 427 g/mol. The smallest absolute Gasteiger partial charge is 0.301 e. The van der Waals surface area contributed by atoms with Gasteiger partial charge in [0.25, 0.3) is 5.56 Å². The molecule has 3 rings (SSSR count). The van der Waals surface area contributed by atoms with E-state index in [0.29, 0.717) is 5.69 Å². The average molecular weight is 448 g/mol. The third kappa shape index (κ3) is 5.92. The number of nitrogens with zero attached hydrogens (tertiary/aromatic N) is 5. The van der Waals surface area contributed by atoms with Crippen LogP contribution >= 0.6 is 7.82 Å². The van der Waals surface area contributed by atoms with Crippen LogP contribution in [0.25, 0.3) is 16.9 Å². The van der Waals surface area contributed by atoms with Crippen molar-refractivity contribution in [3.05, 3.63) is 59.4 Å². The Balaban J connectivity index is 1.66. The van der Waals surface area contributed by atoms with Gasteiger partial charge in [-0.05, 0) is 18.6 Å². The summed E-state index contributed by atoms with van der Waals surface area (Å²) in [6.07, 6.45) is 4.74. The van der Waals surface area contributed by atoms with Gasteiger partial charge < -0.3 is 9.79 Å². The topological polar surface area (TPSA) is 161 Å². The van der Waals surface area contributed by atoms with Crippen LogP contribution in [0.4, 0.5) is 0 Å². The quantitative estimate of drug-likeness (QED) is 0.338. The van der Waals surface area contributed by atoms with E-state index in [1.54, 1.807) is 43.9 Å². The van der Waals surface area contributed by atoms with Gasteiger partial charge in [0.1, 0.15) is 0 Å². The Kier molecular flexibility index (Phi) is 6.46. The van der Waals surface area contributed by atoms with Gasteiger partial charge in [-0.1, -0.05) is 26.0 Å². The predicted molar refractivity (Wildman–Crippen MR) is 109 cm³/mol. The van der Waals surface area contributed by atoms with Crippen LogP contribution in [0.2, 0.25) is 0 Å². The summed E-state index contributed by atoms with van der Waals surface area (Å²) in [6, 6.07) is 8.62. The highest BCUT2D eigenvalue weighted by Gasteiger charge is 2.30. The lowest BCUT2D eigenvalue weighted by Crippen LogP contribution is -2.37. The van der Waals surface area contributed by atoms with E-state index < -0.39 is 19.1 Å². The number of amides is 1. The molecule has 2 heterocycles. The first-order valence-electron chi connectivity index (χ1n) is 9.13. The molecule has 164 valence electrons. The van der Waals surface area contributed by atoms with Crippen molar-refractivity contribution in [1.82, 2.24) is 30.0 Å². The van der Waals surface area contributed by atoms with Crippen LogP contribution in [0.15, 0.2) is 53.8 Å². The highest BCUT2D eigenvalue weighted by atomic mass is 31.2. The molecule has 12 nitrogen and oxygen atoms in total. The Labute approximate surface area is 176 Å². The van der Waals surface area contributed by atoms with Gasteiger partial charge in [0, 0.05) is 23.6 Å². The molecule has 1 amide bonds. The van der Waals surface area contributed by atoms with Gasteiger partial charge in [0.15, 0.2) is 0 Å². The summed E-state index contributed by atoms with van der Waals surface area (Å²) in [4.78, 5) is 47.7. The Hall–Kier alpha value is -3.18. The van der Waals surface area contributed by atoms with Gasteiger partial charge >= 0.3 is 7.82 Å². The van der Waals surface area contributed by atoms with E-state index in [2.05, 4.69) is 19.8 Å². The number of nitrogens with one attached hydrogen (secondary N) is 1. The Morgan fingerprint density at radius 3 is 2.42 bits per heavy atom. The van der Waals surface area contributed by atoms with Crippen molar-refractivity contribution in [2.45, 2.75) is 26.8 Å². The van der Waals surface area contributed by atoms with Crippen molar-refractivity contribution >= 4 is 13.7 Å². The lowest BCUT2D eigenvalue weighted by molar-refractivity contribution is -0.137. The Bertz CT molecular complexity index is 1150. The van der Waals surface area contributed by atoms with Crippen molar-refractivity contribution in [3.8, 4) is 16.9 Å². The number of carbonyl (C=O) groups is 1. The normalized spacial score (nSPS) is 12.0. The first-order valence-corrected chi connectivity index (χ1v) is 10.7. The molecule has 3 aromatic rings. The van der Waals surface area contributed by atoms with Gasteiger partial charge in [-0.15, -0.1) is 0 Å². The van der Waals surface area contributed by atoms with Crippen LogP contribution in [0, 0.1) is 5.41 Å². The van der Waals surface area contributed by atoms with Crippen molar-refractivity contribution in [1.29, 1.82) is 0 Å². The molecule has 2 aromatic heterocycles. The number of aryl methyl sites for hydroxylation is 1. The second kappa shape index (κ2) is 8.90. The van der Waals surface area contributed by atoms with Crippen LogP contribution < -0.4 is 11.0 Å². The van der Waals surface area contributed by atoms with Gasteiger partial charge in [-0.25, -0.2) is 15.0 Å². The van der Waals surface area contributed by atoms with Crippen LogP contribution in [0.1, 0.15) is 20.3 Å². The fraction of sp³-hybridized carbons (Fsp3) is 0.278. The average Bonchev–Trinajstić information content (AvgIpc) is 3.25. The highest BCUT2D eigenvalue weighted by molar-refractivity contribution is 7.46. The molecule has 31 heavy (non-hydrogen) atoms. The summed E-state index contributed by atoms with van der Waals surface area (Å²) in [6.45, 7) is 3.30. The minimum absolute atomic E-state index is 0.173. The summed E-state index contributed by atoms with van der Waals surface area (Å²) < 4.78 is 16.1. The molecule has 1 aromatic carbocycles. The first-order chi connectivity index (χ1) is 14.5. The van der Waals surface area contributed by atoms with Crippen molar-refractivity contribution in [2.24, 2.45) is 5.41 Å². The molecular formula is C18H21N6O6P. The van der Waals surface area contributed by atoms with Crippen LogP contribution in [0.3, 0.4) is 0 Å². The number of hydrogen-bond donors (Lipinski definition) is 3. The Morgan fingerprint density at radius 1 is 1.19 bits per heavy atom. The molecule has 0 aliphatic rings. The number of hydroxylamine groups is 1. The van der Waals surface area contributed by atoms with Gasteiger partial charge in [-0.3, -0.25) is 14.2 Å². The zero-order chi connectivity index (χ0) is 22.6. The summed E-state index contributed by atoms with van der Waals surface area (Å²) >= 11 is 0. The van der Waals surface area contributed by atoms with E-state index in [1.807, 2.05) is 12.1 Å². The van der Waals surface area contributed by atoms with E-state index in [-0.39, 0.29) is 18.5 Å². The van der Waals surface area contributed by atoms with E-state index in [9.17, 15) is 14.2 Å². The number of carbonyl (C=O) groups excluding carboxylic acids is 1. The highest BCUT2D eigenvalue weighted by Crippen LogP contribution is 2.34. The summed E-state index contributed by atoms with van der Waals surface area (Å²) in [7, 11) is -4.83. The summed E-state index contributed by atoms with van der Waals surface area (Å²) in [5.41, 5.74) is 2.40. The minimum Gasteiger partial charge on any atom is -0.301 e. The summed E-state index contributed by atoms with van der Waals surface area (Å²) in [5.74, 6) is -0.722. The summed E-state index contributed by atoms with van der Waals surface area (Å²) in [5, 5.41) is 8.10. The SMILES string of the molecule is CC(C)(CCn1cnc(-c2ccc(-n3nccn3)cc2)cc1=O)C(=O)NOP(=O)(O)O. The number of benzene rings is 1. The molecule has 0 unspecified atom stereocenters. The molecule has 0 aliphatic heterocycles. The van der Waals surface area contributed by atoms with E-state index >= 15 is 0 Å². The van der Waals surface area contributed by atoms with Crippen LogP contribution in [-0.2, 0) is 20.5 Å². The van der Waals surface area contributed by atoms with Crippen molar-refractivity contribution in [3.63, 3.8) is 0 Å². The maximum absolute atomic E-state index is 12.5. The number of rotatable bonds is 8. The predicted octanol–water partition coefficient (Wildman–Crippen LogP) is 1.05. The molecule has 0 bridgehead atoms. The first kappa shape index (κ1) is 22.5.